The molecule has 112 valence electrons. The number of phenolic OH excluding ortho intramolecular Hbond substituents is 4. The van der Waals surface area contributed by atoms with E-state index in [-0.39, 0.29) is 22.3 Å². The summed E-state index contributed by atoms with van der Waals surface area (Å²) in [5.74, 6) is -2.97. The van der Waals surface area contributed by atoms with Gasteiger partial charge in [-0.25, -0.2) is 0 Å². The average molecular weight is 302 g/mol. The Morgan fingerprint density at radius 2 is 1.55 bits per heavy atom. The van der Waals surface area contributed by atoms with Crippen molar-refractivity contribution in [3.05, 3.63) is 40.6 Å². The molecule has 0 aliphatic carbocycles. The van der Waals surface area contributed by atoms with Gasteiger partial charge in [0.2, 0.25) is 16.9 Å². The fraction of sp³-hybridized carbons (Fsp3) is 0. The molecule has 0 bridgehead atoms. The molecule has 0 fully saturated rings. The number of rotatable bonds is 1. The van der Waals surface area contributed by atoms with Crippen LogP contribution in [0.5, 0.6) is 28.7 Å². The van der Waals surface area contributed by atoms with Gasteiger partial charge in [0.05, 0.1) is 10.9 Å². The van der Waals surface area contributed by atoms with E-state index in [0.29, 0.717) is 0 Å². The van der Waals surface area contributed by atoms with Crippen molar-refractivity contribution in [1.82, 2.24) is 0 Å². The molecule has 0 saturated heterocycles. The SMILES string of the molecule is O=c1c(O)c(-c2ccc(O)cc2O)oc2c(O)c(O)ccc12. The molecule has 5 N–H and O–H groups in total. The van der Waals surface area contributed by atoms with Gasteiger partial charge < -0.3 is 29.9 Å². The third-order valence-electron chi connectivity index (χ3n) is 3.22. The fourth-order valence-corrected chi connectivity index (χ4v) is 2.12. The highest BCUT2D eigenvalue weighted by Gasteiger charge is 2.21. The monoisotopic (exact) mass is 302 g/mol. The Labute approximate surface area is 122 Å². The van der Waals surface area contributed by atoms with Crippen LogP contribution in [0.3, 0.4) is 0 Å². The summed E-state index contributed by atoms with van der Waals surface area (Å²) >= 11 is 0. The molecule has 7 heteroatoms. The molecule has 0 aliphatic heterocycles. The van der Waals surface area contributed by atoms with Gasteiger partial charge in [0.1, 0.15) is 11.5 Å². The summed E-state index contributed by atoms with van der Waals surface area (Å²) in [6.07, 6.45) is 0. The van der Waals surface area contributed by atoms with Gasteiger partial charge in [-0.2, -0.15) is 0 Å². The van der Waals surface area contributed by atoms with Crippen LogP contribution < -0.4 is 5.43 Å². The fourth-order valence-electron chi connectivity index (χ4n) is 2.12. The maximum Gasteiger partial charge on any atom is 0.235 e. The number of fused-ring (bicyclic) bond motifs is 1. The van der Waals surface area contributed by atoms with Crippen LogP contribution >= 0.6 is 0 Å². The predicted octanol–water partition coefficient (Wildman–Crippen LogP) is 1.99. The zero-order valence-electron chi connectivity index (χ0n) is 10.9. The Balaban J connectivity index is 2.42. The predicted molar refractivity (Wildman–Crippen MR) is 76.2 cm³/mol. The highest BCUT2D eigenvalue weighted by molar-refractivity contribution is 5.88. The Hall–Kier alpha value is -3.35. The number of aromatic hydroxyl groups is 5. The Bertz CT molecular complexity index is 956. The zero-order valence-corrected chi connectivity index (χ0v) is 10.9. The van der Waals surface area contributed by atoms with Gasteiger partial charge in [-0.05, 0) is 24.3 Å². The van der Waals surface area contributed by atoms with Gasteiger partial charge in [0.15, 0.2) is 17.1 Å². The molecule has 0 aliphatic rings. The van der Waals surface area contributed by atoms with E-state index in [2.05, 4.69) is 0 Å². The molecule has 0 spiro atoms. The normalized spacial score (nSPS) is 10.9. The van der Waals surface area contributed by atoms with Gasteiger partial charge in [-0.3, -0.25) is 4.79 Å². The maximum atomic E-state index is 12.1. The van der Waals surface area contributed by atoms with Gasteiger partial charge in [-0.15, -0.1) is 0 Å². The van der Waals surface area contributed by atoms with E-state index in [1.807, 2.05) is 0 Å². The first-order valence-corrected chi connectivity index (χ1v) is 6.13. The number of benzene rings is 2. The molecule has 7 nitrogen and oxygen atoms in total. The first-order chi connectivity index (χ1) is 10.4. The molecule has 2 aromatic carbocycles. The summed E-state index contributed by atoms with van der Waals surface area (Å²) in [5.41, 5.74) is -1.22. The van der Waals surface area contributed by atoms with Crippen molar-refractivity contribution in [2.75, 3.05) is 0 Å². The molecule has 0 atom stereocenters. The van der Waals surface area contributed by atoms with E-state index < -0.39 is 34.2 Å². The Morgan fingerprint density at radius 3 is 2.23 bits per heavy atom. The number of hydrogen-bond acceptors (Lipinski definition) is 7. The van der Waals surface area contributed by atoms with Crippen molar-refractivity contribution in [2.24, 2.45) is 0 Å². The lowest BCUT2D eigenvalue weighted by Crippen LogP contribution is -2.02. The Morgan fingerprint density at radius 1 is 0.818 bits per heavy atom. The largest absolute Gasteiger partial charge is 0.508 e. The quantitative estimate of drug-likeness (QED) is 0.434. The van der Waals surface area contributed by atoms with Crippen LogP contribution in [0.25, 0.3) is 22.3 Å². The standard InChI is InChI=1S/C15H10O7/c16-6-1-2-7(10(18)5-6)14-13(21)11(19)8-3-4-9(17)12(20)15(8)22-14/h1-5,16-18,20-21H. The number of phenols is 4. The van der Waals surface area contributed by atoms with Crippen LogP contribution in [0.15, 0.2) is 39.5 Å². The first-order valence-electron chi connectivity index (χ1n) is 6.13. The third-order valence-corrected chi connectivity index (χ3v) is 3.22. The molecule has 1 heterocycles. The van der Waals surface area contributed by atoms with E-state index in [1.165, 1.54) is 18.2 Å². The summed E-state index contributed by atoms with van der Waals surface area (Å²) in [6, 6.07) is 5.73. The third kappa shape index (κ3) is 1.87. The van der Waals surface area contributed by atoms with Crippen molar-refractivity contribution in [1.29, 1.82) is 0 Å². The van der Waals surface area contributed by atoms with Crippen molar-refractivity contribution in [3.63, 3.8) is 0 Å². The van der Waals surface area contributed by atoms with Crippen molar-refractivity contribution in [3.8, 4) is 40.1 Å². The van der Waals surface area contributed by atoms with Gasteiger partial charge in [0, 0.05) is 6.07 Å². The minimum Gasteiger partial charge on any atom is -0.508 e. The lowest BCUT2D eigenvalue weighted by molar-refractivity contribution is 0.396. The van der Waals surface area contributed by atoms with Gasteiger partial charge in [-0.1, -0.05) is 0 Å². The molecular weight excluding hydrogens is 292 g/mol. The lowest BCUT2D eigenvalue weighted by atomic mass is 10.1. The smallest absolute Gasteiger partial charge is 0.235 e. The highest BCUT2D eigenvalue weighted by Crippen LogP contribution is 2.40. The molecule has 3 rings (SSSR count). The summed E-state index contributed by atoms with van der Waals surface area (Å²) in [5, 5.41) is 48.2. The molecular formula is C15H10O7. The Kier molecular flexibility index (Phi) is 2.84. The van der Waals surface area contributed by atoms with Crippen LogP contribution in [0.2, 0.25) is 0 Å². The van der Waals surface area contributed by atoms with Gasteiger partial charge >= 0.3 is 0 Å². The summed E-state index contributed by atoms with van der Waals surface area (Å²) in [4.78, 5) is 12.1. The van der Waals surface area contributed by atoms with Gasteiger partial charge in [0.25, 0.3) is 0 Å². The molecule has 0 saturated carbocycles. The van der Waals surface area contributed by atoms with Crippen LogP contribution in [0.1, 0.15) is 0 Å². The lowest BCUT2D eigenvalue weighted by Gasteiger charge is -2.09. The number of hydrogen-bond donors (Lipinski definition) is 5. The first kappa shape index (κ1) is 13.6. The molecule has 0 amide bonds. The second kappa shape index (κ2) is 4.59. The van der Waals surface area contributed by atoms with E-state index >= 15 is 0 Å². The van der Waals surface area contributed by atoms with E-state index in [0.717, 1.165) is 12.1 Å². The van der Waals surface area contributed by atoms with E-state index in [1.54, 1.807) is 0 Å². The second-order valence-electron chi connectivity index (χ2n) is 4.62. The molecule has 1 aromatic heterocycles. The highest BCUT2D eigenvalue weighted by atomic mass is 16.4. The van der Waals surface area contributed by atoms with Crippen LogP contribution in [0, 0.1) is 0 Å². The van der Waals surface area contributed by atoms with Crippen molar-refractivity contribution in [2.45, 2.75) is 0 Å². The summed E-state index contributed by atoms with van der Waals surface area (Å²) < 4.78 is 5.29. The van der Waals surface area contributed by atoms with Crippen LogP contribution in [0.4, 0.5) is 0 Å². The summed E-state index contributed by atoms with van der Waals surface area (Å²) in [7, 11) is 0. The van der Waals surface area contributed by atoms with Crippen molar-refractivity contribution >= 4 is 11.0 Å². The molecule has 0 unspecified atom stereocenters. The van der Waals surface area contributed by atoms with E-state index in [9.17, 15) is 30.3 Å². The van der Waals surface area contributed by atoms with Crippen LogP contribution in [-0.4, -0.2) is 25.5 Å². The summed E-state index contributed by atoms with van der Waals surface area (Å²) in [6.45, 7) is 0. The minimum atomic E-state index is -0.834. The van der Waals surface area contributed by atoms with Crippen LogP contribution in [-0.2, 0) is 0 Å². The van der Waals surface area contributed by atoms with Crippen molar-refractivity contribution < 1.29 is 29.9 Å². The maximum absolute atomic E-state index is 12.1. The second-order valence-corrected chi connectivity index (χ2v) is 4.62. The minimum absolute atomic E-state index is 0.0583. The van der Waals surface area contributed by atoms with E-state index in [4.69, 9.17) is 4.42 Å². The molecule has 0 radical (unpaired) electrons. The molecule has 3 aromatic rings. The molecule has 22 heavy (non-hydrogen) atoms. The average Bonchev–Trinajstić information content (AvgIpc) is 2.47. The topological polar surface area (TPSA) is 131 Å². The zero-order chi connectivity index (χ0) is 16.0.